The summed E-state index contributed by atoms with van der Waals surface area (Å²) in [5, 5.41) is 6.07. The van der Waals surface area contributed by atoms with E-state index in [2.05, 4.69) is 10.6 Å². The Balaban J connectivity index is 1.83. The van der Waals surface area contributed by atoms with Crippen LogP contribution in [0.4, 0.5) is 0 Å². The molecule has 0 aromatic heterocycles. The van der Waals surface area contributed by atoms with Crippen molar-refractivity contribution in [2.24, 2.45) is 11.8 Å². The number of nitrogens with zero attached hydrogens (tertiary/aromatic N) is 1. The highest BCUT2D eigenvalue weighted by molar-refractivity contribution is 5.90. The summed E-state index contributed by atoms with van der Waals surface area (Å²) in [4.78, 5) is 26.8. The first kappa shape index (κ1) is 14.1. The largest absolute Gasteiger partial charge is 0.352 e. The Bertz CT molecular complexity index is 528. The lowest BCUT2D eigenvalue weighted by Crippen LogP contribution is -2.56. The first-order valence-corrected chi connectivity index (χ1v) is 7.52. The summed E-state index contributed by atoms with van der Waals surface area (Å²) in [7, 11) is 0. The highest BCUT2D eigenvalue weighted by Gasteiger charge is 2.39. The van der Waals surface area contributed by atoms with E-state index >= 15 is 0 Å². The lowest BCUT2D eigenvalue weighted by Gasteiger charge is -2.40. The number of amides is 2. The molecule has 112 valence electrons. The molecular weight excluding hydrogens is 266 g/mol. The van der Waals surface area contributed by atoms with E-state index in [0.717, 1.165) is 18.7 Å². The molecular formula is C16H21N3O2. The van der Waals surface area contributed by atoms with E-state index in [1.807, 2.05) is 37.3 Å². The second-order valence-corrected chi connectivity index (χ2v) is 5.84. The van der Waals surface area contributed by atoms with Gasteiger partial charge in [-0.05, 0) is 24.6 Å². The van der Waals surface area contributed by atoms with Crippen molar-refractivity contribution in [3.8, 4) is 0 Å². The van der Waals surface area contributed by atoms with E-state index in [1.54, 1.807) is 4.90 Å². The van der Waals surface area contributed by atoms with Crippen molar-refractivity contribution in [1.29, 1.82) is 0 Å². The third-order valence-corrected chi connectivity index (χ3v) is 4.52. The predicted octanol–water partition coefficient (Wildman–Crippen LogP) is 0.542. The molecule has 2 aliphatic rings. The van der Waals surface area contributed by atoms with Crippen LogP contribution in [0.1, 0.15) is 18.5 Å². The van der Waals surface area contributed by atoms with Crippen LogP contribution >= 0.6 is 0 Å². The molecule has 1 aromatic carbocycles. The molecule has 1 aromatic rings. The minimum absolute atomic E-state index is 0.0386. The quantitative estimate of drug-likeness (QED) is 0.853. The Labute approximate surface area is 124 Å². The first-order chi connectivity index (χ1) is 10.2. The molecule has 2 fully saturated rings. The molecule has 0 bridgehead atoms. The fourth-order valence-electron chi connectivity index (χ4n) is 3.00. The van der Waals surface area contributed by atoms with Crippen LogP contribution in [-0.2, 0) is 9.59 Å². The maximum absolute atomic E-state index is 12.8. The zero-order chi connectivity index (χ0) is 14.8. The van der Waals surface area contributed by atoms with Gasteiger partial charge in [0.2, 0.25) is 11.8 Å². The van der Waals surface area contributed by atoms with Crippen LogP contribution in [0.5, 0.6) is 0 Å². The van der Waals surface area contributed by atoms with Gasteiger partial charge in [0.25, 0.3) is 0 Å². The molecule has 2 aliphatic heterocycles. The van der Waals surface area contributed by atoms with Crippen molar-refractivity contribution in [2.45, 2.75) is 13.0 Å². The van der Waals surface area contributed by atoms with Gasteiger partial charge in [-0.15, -0.1) is 0 Å². The molecule has 3 rings (SSSR count). The zero-order valence-electron chi connectivity index (χ0n) is 12.2. The van der Waals surface area contributed by atoms with Crippen molar-refractivity contribution in [3.63, 3.8) is 0 Å². The summed E-state index contributed by atoms with van der Waals surface area (Å²) < 4.78 is 0. The molecule has 2 unspecified atom stereocenters. The molecule has 2 amide bonds. The zero-order valence-corrected chi connectivity index (χ0v) is 12.2. The van der Waals surface area contributed by atoms with Gasteiger partial charge in [0.1, 0.15) is 6.04 Å². The van der Waals surface area contributed by atoms with Gasteiger partial charge in [0, 0.05) is 19.0 Å². The minimum Gasteiger partial charge on any atom is -0.352 e. The van der Waals surface area contributed by atoms with Crippen LogP contribution in [0.15, 0.2) is 30.3 Å². The van der Waals surface area contributed by atoms with E-state index < -0.39 is 6.04 Å². The summed E-state index contributed by atoms with van der Waals surface area (Å²) in [5.74, 6) is 0.354. The fraction of sp³-hybridized carbons (Fsp3) is 0.500. The molecule has 2 atom stereocenters. The van der Waals surface area contributed by atoms with Gasteiger partial charge >= 0.3 is 0 Å². The van der Waals surface area contributed by atoms with Crippen molar-refractivity contribution >= 4 is 11.8 Å². The van der Waals surface area contributed by atoms with Crippen LogP contribution in [0.25, 0.3) is 0 Å². The SMILES string of the molecule is CC(C(=O)N1CCNC(=O)C1c1ccccc1)C1CNC1. The summed E-state index contributed by atoms with van der Waals surface area (Å²) >= 11 is 0. The number of piperazine rings is 1. The number of benzene rings is 1. The molecule has 2 N–H and O–H groups in total. The number of hydrogen-bond acceptors (Lipinski definition) is 3. The highest BCUT2D eigenvalue weighted by atomic mass is 16.2. The normalized spacial score (nSPS) is 24.1. The minimum atomic E-state index is -0.497. The van der Waals surface area contributed by atoms with E-state index in [9.17, 15) is 9.59 Å². The molecule has 21 heavy (non-hydrogen) atoms. The molecule has 0 saturated carbocycles. The van der Waals surface area contributed by atoms with Crippen molar-refractivity contribution < 1.29 is 9.59 Å². The maximum atomic E-state index is 12.8. The number of hydrogen-bond donors (Lipinski definition) is 2. The first-order valence-electron chi connectivity index (χ1n) is 7.52. The standard InChI is InChI=1S/C16H21N3O2/c1-11(13-9-17-10-13)16(21)19-8-7-18-15(20)14(19)12-5-3-2-4-6-12/h2-6,11,13-14,17H,7-10H2,1H3,(H,18,20). The van der Waals surface area contributed by atoms with Gasteiger partial charge in [-0.3, -0.25) is 9.59 Å². The average Bonchev–Trinajstić information content (AvgIpc) is 2.45. The second-order valence-electron chi connectivity index (χ2n) is 5.84. The van der Waals surface area contributed by atoms with Gasteiger partial charge < -0.3 is 15.5 Å². The van der Waals surface area contributed by atoms with E-state index in [-0.39, 0.29) is 17.7 Å². The Hall–Kier alpha value is -1.88. The smallest absolute Gasteiger partial charge is 0.247 e. The van der Waals surface area contributed by atoms with Gasteiger partial charge in [0.05, 0.1) is 0 Å². The summed E-state index contributed by atoms with van der Waals surface area (Å²) in [6, 6.07) is 9.04. The van der Waals surface area contributed by atoms with Gasteiger partial charge in [0.15, 0.2) is 0 Å². The van der Waals surface area contributed by atoms with Crippen LogP contribution in [0, 0.1) is 11.8 Å². The fourth-order valence-corrected chi connectivity index (χ4v) is 3.00. The Morgan fingerprint density at radius 1 is 1.29 bits per heavy atom. The highest BCUT2D eigenvalue weighted by Crippen LogP contribution is 2.27. The molecule has 0 aliphatic carbocycles. The Kier molecular flexibility index (Phi) is 3.92. The van der Waals surface area contributed by atoms with Gasteiger partial charge in [-0.2, -0.15) is 0 Å². The number of rotatable bonds is 3. The summed E-state index contributed by atoms with van der Waals surface area (Å²) in [6.45, 7) is 4.87. The monoisotopic (exact) mass is 287 g/mol. The van der Waals surface area contributed by atoms with Crippen molar-refractivity contribution in [1.82, 2.24) is 15.5 Å². The molecule has 2 saturated heterocycles. The topological polar surface area (TPSA) is 61.4 Å². The van der Waals surface area contributed by atoms with Crippen LogP contribution < -0.4 is 10.6 Å². The van der Waals surface area contributed by atoms with Gasteiger partial charge in [-0.1, -0.05) is 37.3 Å². The number of nitrogens with one attached hydrogen (secondary N) is 2. The molecule has 0 radical (unpaired) electrons. The maximum Gasteiger partial charge on any atom is 0.247 e. The molecule has 2 heterocycles. The Morgan fingerprint density at radius 2 is 2.00 bits per heavy atom. The van der Waals surface area contributed by atoms with Gasteiger partial charge in [-0.25, -0.2) is 0 Å². The summed E-state index contributed by atoms with van der Waals surface area (Å²) in [6.07, 6.45) is 0. The third-order valence-electron chi connectivity index (χ3n) is 4.52. The van der Waals surface area contributed by atoms with E-state index in [1.165, 1.54) is 0 Å². The molecule has 5 nitrogen and oxygen atoms in total. The van der Waals surface area contributed by atoms with E-state index in [4.69, 9.17) is 0 Å². The van der Waals surface area contributed by atoms with Crippen molar-refractivity contribution in [3.05, 3.63) is 35.9 Å². The molecule has 0 spiro atoms. The van der Waals surface area contributed by atoms with Crippen LogP contribution in [0.2, 0.25) is 0 Å². The second kappa shape index (κ2) is 5.85. The molecule has 5 heteroatoms. The van der Waals surface area contributed by atoms with Crippen LogP contribution in [-0.4, -0.2) is 42.9 Å². The third kappa shape index (κ3) is 2.65. The number of carbonyl (C=O) groups is 2. The predicted molar refractivity (Wildman–Crippen MR) is 79.4 cm³/mol. The van der Waals surface area contributed by atoms with Crippen LogP contribution in [0.3, 0.4) is 0 Å². The van der Waals surface area contributed by atoms with E-state index in [0.29, 0.717) is 19.0 Å². The Morgan fingerprint density at radius 3 is 2.62 bits per heavy atom. The van der Waals surface area contributed by atoms with Crippen molar-refractivity contribution in [2.75, 3.05) is 26.2 Å². The lowest BCUT2D eigenvalue weighted by molar-refractivity contribution is -0.148. The average molecular weight is 287 g/mol. The lowest BCUT2D eigenvalue weighted by atomic mass is 9.87. The number of carbonyl (C=O) groups excluding carboxylic acids is 2. The summed E-state index contributed by atoms with van der Waals surface area (Å²) in [5.41, 5.74) is 0.877.